The molecule has 1 aliphatic heterocycles. The number of benzene rings is 3. The van der Waals surface area contributed by atoms with Crippen molar-refractivity contribution < 1.29 is 4.79 Å². The number of aliphatic imine (C=N–C) groups is 1. The van der Waals surface area contributed by atoms with Crippen LogP contribution in [-0.2, 0) is 4.79 Å². The molecule has 0 fully saturated rings. The predicted molar refractivity (Wildman–Crippen MR) is 110 cm³/mol. The van der Waals surface area contributed by atoms with Crippen molar-refractivity contribution in [3.05, 3.63) is 90.5 Å². The highest BCUT2D eigenvalue weighted by Gasteiger charge is 2.33. The third kappa shape index (κ3) is 3.35. The molecule has 1 heterocycles. The van der Waals surface area contributed by atoms with E-state index in [0.717, 1.165) is 11.3 Å². The van der Waals surface area contributed by atoms with E-state index >= 15 is 0 Å². The van der Waals surface area contributed by atoms with Gasteiger partial charge in [0.15, 0.2) is 5.71 Å². The van der Waals surface area contributed by atoms with Crippen molar-refractivity contribution in [1.82, 2.24) is 0 Å². The number of hydrogen-bond donors (Lipinski definition) is 1. The second kappa shape index (κ2) is 7.25. The smallest absolute Gasteiger partial charge is 0.299 e. The molecule has 0 saturated carbocycles. The maximum Gasteiger partial charge on any atom is 0.299 e. The first kappa shape index (κ1) is 16.7. The zero-order chi connectivity index (χ0) is 18.6. The van der Waals surface area contributed by atoms with Crippen LogP contribution in [-0.4, -0.2) is 24.4 Å². The van der Waals surface area contributed by atoms with Gasteiger partial charge in [0.2, 0.25) is 0 Å². The number of rotatable bonds is 4. The summed E-state index contributed by atoms with van der Waals surface area (Å²) in [4.78, 5) is 17.7. The van der Waals surface area contributed by atoms with Gasteiger partial charge >= 0.3 is 0 Å². The van der Waals surface area contributed by atoms with E-state index in [-0.39, 0.29) is 5.91 Å². The molecule has 1 aliphatic rings. The van der Waals surface area contributed by atoms with E-state index in [1.54, 1.807) is 0 Å². The summed E-state index contributed by atoms with van der Waals surface area (Å²) in [5, 5.41) is 9.06. The largest absolute Gasteiger partial charge is 0.388 e. The average molecular weight is 354 g/mol. The van der Waals surface area contributed by atoms with Crippen LogP contribution in [0.2, 0.25) is 0 Å². The highest BCUT2D eigenvalue weighted by Crippen LogP contribution is 2.24. The van der Waals surface area contributed by atoms with E-state index in [1.807, 2.05) is 92.0 Å². The van der Waals surface area contributed by atoms with Crippen LogP contribution in [0, 0.1) is 0 Å². The van der Waals surface area contributed by atoms with Crippen LogP contribution in [0.15, 0.2) is 95.0 Å². The number of hydrogen-bond acceptors (Lipinski definition) is 4. The lowest BCUT2D eigenvalue weighted by atomic mass is 10.1. The third-order valence-electron chi connectivity index (χ3n) is 4.26. The standard InChI is InChI=1S/C22H18N4O/c1-23-17-12-14-18(15-13-17)24-21-20(16-8-4-2-5-9-16)25-26(22(21)27)19-10-6-3-7-11-19/h2-15,23H,1H3. The second-order valence-electron chi connectivity index (χ2n) is 6.02. The van der Waals surface area contributed by atoms with E-state index in [4.69, 9.17) is 0 Å². The molecule has 0 radical (unpaired) electrons. The lowest BCUT2D eigenvalue weighted by Crippen LogP contribution is -2.27. The number of anilines is 2. The van der Waals surface area contributed by atoms with Gasteiger partial charge in [-0.15, -0.1) is 0 Å². The zero-order valence-electron chi connectivity index (χ0n) is 14.8. The summed E-state index contributed by atoms with van der Waals surface area (Å²) in [6.07, 6.45) is 0. The van der Waals surface area contributed by atoms with Gasteiger partial charge in [-0.05, 0) is 36.4 Å². The topological polar surface area (TPSA) is 57.1 Å². The minimum absolute atomic E-state index is 0.238. The summed E-state index contributed by atoms with van der Waals surface area (Å²) in [7, 11) is 1.86. The first-order chi connectivity index (χ1) is 13.3. The quantitative estimate of drug-likeness (QED) is 0.761. The highest BCUT2D eigenvalue weighted by atomic mass is 16.2. The lowest BCUT2D eigenvalue weighted by Gasteiger charge is -2.10. The maximum atomic E-state index is 13.1. The van der Waals surface area contributed by atoms with Gasteiger partial charge in [0.05, 0.1) is 11.4 Å². The van der Waals surface area contributed by atoms with Crippen molar-refractivity contribution in [3.63, 3.8) is 0 Å². The molecule has 4 rings (SSSR count). The van der Waals surface area contributed by atoms with E-state index in [1.165, 1.54) is 5.01 Å². The molecule has 0 aromatic heterocycles. The van der Waals surface area contributed by atoms with Crippen molar-refractivity contribution in [3.8, 4) is 0 Å². The Morgan fingerprint density at radius 3 is 2.11 bits per heavy atom. The molecule has 3 aromatic carbocycles. The van der Waals surface area contributed by atoms with Crippen LogP contribution in [0.5, 0.6) is 0 Å². The Morgan fingerprint density at radius 2 is 1.48 bits per heavy atom. The van der Waals surface area contributed by atoms with Gasteiger partial charge in [-0.2, -0.15) is 10.1 Å². The Kier molecular flexibility index (Phi) is 4.49. The van der Waals surface area contributed by atoms with Crippen LogP contribution >= 0.6 is 0 Å². The lowest BCUT2D eigenvalue weighted by molar-refractivity contribution is -0.112. The van der Waals surface area contributed by atoms with Crippen LogP contribution in [0.25, 0.3) is 0 Å². The molecular formula is C22H18N4O. The van der Waals surface area contributed by atoms with Crippen molar-refractivity contribution in [2.75, 3.05) is 17.4 Å². The maximum absolute atomic E-state index is 13.1. The number of amides is 1. The summed E-state index contributed by atoms with van der Waals surface area (Å²) < 4.78 is 0. The van der Waals surface area contributed by atoms with Gasteiger partial charge in [-0.25, -0.2) is 4.99 Å². The van der Waals surface area contributed by atoms with Gasteiger partial charge < -0.3 is 5.32 Å². The molecule has 132 valence electrons. The molecule has 27 heavy (non-hydrogen) atoms. The van der Waals surface area contributed by atoms with Crippen LogP contribution in [0.3, 0.4) is 0 Å². The molecule has 5 nitrogen and oxygen atoms in total. The first-order valence-corrected chi connectivity index (χ1v) is 8.66. The molecule has 0 bridgehead atoms. The molecule has 0 saturated heterocycles. The van der Waals surface area contributed by atoms with E-state index in [0.29, 0.717) is 22.8 Å². The summed E-state index contributed by atoms with van der Waals surface area (Å²) in [6, 6.07) is 26.6. The fourth-order valence-electron chi connectivity index (χ4n) is 2.86. The summed E-state index contributed by atoms with van der Waals surface area (Å²) >= 11 is 0. The van der Waals surface area contributed by atoms with Gasteiger partial charge in [0.1, 0.15) is 5.71 Å². The first-order valence-electron chi connectivity index (χ1n) is 8.66. The third-order valence-corrected chi connectivity index (χ3v) is 4.26. The predicted octanol–water partition coefficient (Wildman–Crippen LogP) is 4.25. The Labute approximate surface area is 157 Å². The van der Waals surface area contributed by atoms with E-state index < -0.39 is 0 Å². The minimum atomic E-state index is -0.238. The Balaban J connectivity index is 1.79. The van der Waals surface area contributed by atoms with Crippen LogP contribution in [0.1, 0.15) is 5.56 Å². The highest BCUT2D eigenvalue weighted by molar-refractivity contribution is 6.74. The average Bonchev–Trinajstić information content (AvgIpc) is 3.06. The molecule has 0 unspecified atom stereocenters. The van der Waals surface area contributed by atoms with Crippen molar-refractivity contribution in [2.45, 2.75) is 0 Å². The van der Waals surface area contributed by atoms with Gasteiger partial charge in [0, 0.05) is 18.3 Å². The van der Waals surface area contributed by atoms with Crippen molar-refractivity contribution in [2.24, 2.45) is 10.1 Å². The van der Waals surface area contributed by atoms with Crippen molar-refractivity contribution in [1.29, 1.82) is 0 Å². The van der Waals surface area contributed by atoms with Gasteiger partial charge in [-0.3, -0.25) is 4.79 Å². The molecule has 1 N–H and O–H groups in total. The fourth-order valence-corrected chi connectivity index (χ4v) is 2.86. The molecule has 3 aromatic rings. The zero-order valence-corrected chi connectivity index (χ0v) is 14.8. The molecule has 1 amide bonds. The monoisotopic (exact) mass is 354 g/mol. The Morgan fingerprint density at radius 1 is 0.852 bits per heavy atom. The number of nitrogens with one attached hydrogen (secondary N) is 1. The van der Waals surface area contributed by atoms with E-state index in [9.17, 15) is 4.79 Å². The molecule has 5 heteroatoms. The fraction of sp³-hybridized carbons (Fsp3) is 0.0455. The van der Waals surface area contributed by atoms with Crippen LogP contribution < -0.4 is 10.3 Å². The van der Waals surface area contributed by atoms with Crippen molar-refractivity contribution >= 4 is 34.4 Å². The number of carbonyl (C=O) groups excluding carboxylic acids is 1. The number of hydrazone groups is 1. The van der Waals surface area contributed by atoms with Gasteiger partial charge in [0.25, 0.3) is 5.91 Å². The summed E-state index contributed by atoms with van der Waals surface area (Å²) in [5.41, 5.74) is 4.17. The number of para-hydroxylation sites is 1. The summed E-state index contributed by atoms with van der Waals surface area (Å²) in [6.45, 7) is 0. The molecule has 0 spiro atoms. The minimum Gasteiger partial charge on any atom is -0.388 e. The Hall–Kier alpha value is -3.73. The second-order valence-corrected chi connectivity index (χ2v) is 6.02. The van der Waals surface area contributed by atoms with Gasteiger partial charge in [-0.1, -0.05) is 48.5 Å². The molecular weight excluding hydrogens is 336 g/mol. The number of carbonyl (C=O) groups is 1. The van der Waals surface area contributed by atoms with E-state index in [2.05, 4.69) is 15.4 Å². The van der Waals surface area contributed by atoms with Crippen LogP contribution in [0.4, 0.5) is 17.1 Å². The molecule has 0 aliphatic carbocycles. The normalized spacial score (nSPS) is 15.1. The Bertz CT molecular complexity index is 1010. The SMILES string of the molecule is CNc1ccc(N=C2C(=O)N(c3ccccc3)N=C2c2ccccc2)cc1. The number of nitrogens with zero attached hydrogens (tertiary/aromatic N) is 3. The summed E-state index contributed by atoms with van der Waals surface area (Å²) in [5.74, 6) is -0.238. The molecule has 0 atom stereocenters.